The summed E-state index contributed by atoms with van der Waals surface area (Å²) in [6, 6.07) is 9.17. The largest absolute Gasteiger partial charge is 0.319 e. The van der Waals surface area contributed by atoms with Gasteiger partial charge in [-0.05, 0) is 43.5 Å². The van der Waals surface area contributed by atoms with Crippen molar-refractivity contribution in [2.24, 2.45) is 0 Å². The van der Waals surface area contributed by atoms with Crippen LogP contribution >= 0.6 is 11.8 Å². The van der Waals surface area contributed by atoms with Crippen molar-refractivity contribution in [1.29, 1.82) is 0 Å². The van der Waals surface area contributed by atoms with E-state index in [1.807, 2.05) is 7.05 Å². The van der Waals surface area contributed by atoms with Crippen molar-refractivity contribution in [3.63, 3.8) is 0 Å². The van der Waals surface area contributed by atoms with Crippen LogP contribution in [0.4, 0.5) is 0 Å². The maximum atomic E-state index is 3.23. The SMILES string of the molecule is CNCC(C)c1ccc(SC2CCCC2)cc1. The van der Waals surface area contributed by atoms with Crippen molar-refractivity contribution in [3.05, 3.63) is 29.8 Å². The molecule has 0 aliphatic heterocycles. The van der Waals surface area contributed by atoms with Crippen LogP contribution < -0.4 is 5.32 Å². The molecule has 1 aromatic carbocycles. The van der Waals surface area contributed by atoms with E-state index in [1.165, 1.54) is 36.1 Å². The molecule has 1 saturated carbocycles. The average Bonchev–Trinajstić information content (AvgIpc) is 2.83. The van der Waals surface area contributed by atoms with E-state index in [4.69, 9.17) is 0 Å². The van der Waals surface area contributed by atoms with E-state index in [0.29, 0.717) is 5.92 Å². The molecule has 1 aliphatic rings. The number of nitrogens with one attached hydrogen (secondary N) is 1. The number of benzene rings is 1. The molecule has 1 aromatic rings. The first-order valence-electron chi connectivity index (χ1n) is 6.71. The number of likely N-dealkylation sites (N-methyl/N-ethyl adjacent to an activating group) is 1. The fourth-order valence-electron chi connectivity index (χ4n) is 2.50. The zero-order valence-corrected chi connectivity index (χ0v) is 11.7. The van der Waals surface area contributed by atoms with E-state index in [-0.39, 0.29) is 0 Å². The highest BCUT2D eigenvalue weighted by Gasteiger charge is 2.16. The monoisotopic (exact) mass is 249 g/mol. The topological polar surface area (TPSA) is 12.0 Å². The van der Waals surface area contributed by atoms with E-state index >= 15 is 0 Å². The summed E-state index contributed by atoms with van der Waals surface area (Å²) in [5.74, 6) is 0.602. The summed E-state index contributed by atoms with van der Waals surface area (Å²) in [5.41, 5.74) is 1.44. The molecule has 0 spiro atoms. The highest BCUT2D eigenvalue weighted by Crippen LogP contribution is 2.34. The van der Waals surface area contributed by atoms with Gasteiger partial charge in [0.1, 0.15) is 0 Å². The van der Waals surface area contributed by atoms with Gasteiger partial charge >= 0.3 is 0 Å². The van der Waals surface area contributed by atoms with Crippen molar-refractivity contribution in [3.8, 4) is 0 Å². The molecule has 0 radical (unpaired) electrons. The summed E-state index contributed by atoms with van der Waals surface area (Å²) in [6.45, 7) is 3.32. The highest BCUT2D eigenvalue weighted by molar-refractivity contribution is 8.00. The molecule has 17 heavy (non-hydrogen) atoms. The van der Waals surface area contributed by atoms with E-state index in [9.17, 15) is 0 Å². The minimum absolute atomic E-state index is 0.602. The van der Waals surface area contributed by atoms with Crippen molar-refractivity contribution >= 4 is 11.8 Å². The van der Waals surface area contributed by atoms with E-state index in [0.717, 1.165) is 11.8 Å². The van der Waals surface area contributed by atoms with Crippen molar-refractivity contribution in [2.45, 2.75) is 48.7 Å². The van der Waals surface area contributed by atoms with Gasteiger partial charge in [-0.15, -0.1) is 11.8 Å². The molecule has 1 fully saturated rings. The van der Waals surface area contributed by atoms with Crippen molar-refractivity contribution in [1.82, 2.24) is 5.32 Å². The summed E-state index contributed by atoms with van der Waals surface area (Å²) in [7, 11) is 2.01. The van der Waals surface area contributed by atoms with Crippen LogP contribution in [0.15, 0.2) is 29.2 Å². The molecule has 0 amide bonds. The van der Waals surface area contributed by atoms with Crippen LogP contribution in [0.1, 0.15) is 44.1 Å². The van der Waals surface area contributed by atoms with Gasteiger partial charge in [-0.25, -0.2) is 0 Å². The Hall–Kier alpha value is -0.470. The Morgan fingerprint density at radius 2 is 1.88 bits per heavy atom. The van der Waals surface area contributed by atoms with Crippen LogP contribution in [0.2, 0.25) is 0 Å². The second kappa shape index (κ2) is 6.46. The lowest BCUT2D eigenvalue weighted by atomic mass is 10.0. The maximum Gasteiger partial charge on any atom is 0.00944 e. The molecule has 0 saturated heterocycles. The van der Waals surface area contributed by atoms with Gasteiger partial charge in [0.2, 0.25) is 0 Å². The van der Waals surface area contributed by atoms with E-state index < -0.39 is 0 Å². The lowest BCUT2D eigenvalue weighted by molar-refractivity contribution is 0.677. The summed E-state index contributed by atoms with van der Waals surface area (Å²) in [4.78, 5) is 1.44. The van der Waals surface area contributed by atoms with Crippen LogP contribution in [0.25, 0.3) is 0 Å². The second-order valence-corrected chi connectivity index (χ2v) is 6.43. The Bertz CT molecular complexity index is 327. The Balaban J connectivity index is 1.92. The minimum atomic E-state index is 0.602. The normalized spacial score (nSPS) is 18.5. The van der Waals surface area contributed by atoms with Gasteiger partial charge in [0.05, 0.1) is 0 Å². The third-order valence-electron chi connectivity index (χ3n) is 3.56. The summed E-state index contributed by atoms with van der Waals surface area (Å²) >= 11 is 2.07. The predicted molar refractivity (Wildman–Crippen MR) is 76.9 cm³/mol. The third kappa shape index (κ3) is 3.75. The third-order valence-corrected chi connectivity index (χ3v) is 4.91. The molecular weight excluding hydrogens is 226 g/mol. The first-order valence-corrected chi connectivity index (χ1v) is 7.59. The number of thioether (sulfide) groups is 1. The first-order chi connectivity index (χ1) is 8.29. The van der Waals surface area contributed by atoms with Crippen molar-refractivity contribution in [2.75, 3.05) is 13.6 Å². The van der Waals surface area contributed by atoms with Gasteiger partial charge in [-0.1, -0.05) is 31.9 Å². The Kier molecular flexibility index (Phi) is 4.93. The first kappa shape index (κ1) is 13.0. The zero-order valence-electron chi connectivity index (χ0n) is 10.9. The predicted octanol–water partition coefficient (Wildman–Crippen LogP) is 4.04. The highest BCUT2D eigenvalue weighted by atomic mass is 32.2. The smallest absolute Gasteiger partial charge is 0.00944 e. The fourth-order valence-corrected chi connectivity index (χ4v) is 3.74. The molecular formula is C15H23NS. The van der Waals surface area contributed by atoms with Crippen LogP contribution in [-0.4, -0.2) is 18.8 Å². The molecule has 0 aromatic heterocycles. The minimum Gasteiger partial charge on any atom is -0.319 e. The number of hydrogen-bond donors (Lipinski definition) is 1. The standard InChI is InChI=1S/C15H23NS/c1-12(11-16-2)13-7-9-15(10-8-13)17-14-5-3-4-6-14/h7-10,12,14,16H,3-6,11H2,1-2H3. The Morgan fingerprint density at radius 3 is 2.47 bits per heavy atom. The maximum absolute atomic E-state index is 3.23. The van der Waals surface area contributed by atoms with Crippen molar-refractivity contribution < 1.29 is 0 Å². The Labute approximate surface area is 109 Å². The van der Waals surface area contributed by atoms with E-state index in [1.54, 1.807) is 0 Å². The molecule has 0 bridgehead atoms. The van der Waals surface area contributed by atoms with Crippen LogP contribution in [0, 0.1) is 0 Å². The average molecular weight is 249 g/mol. The molecule has 2 heteroatoms. The molecule has 94 valence electrons. The van der Waals surface area contributed by atoms with Crippen LogP contribution in [0.3, 0.4) is 0 Å². The molecule has 2 rings (SSSR count). The lowest BCUT2D eigenvalue weighted by Gasteiger charge is -2.13. The molecule has 1 atom stereocenters. The number of rotatable bonds is 5. The van der Waals surface area contributed by atoms with Crippen LogP contribution in [0.5, 0.6) is 0 Å². The molecule has 1 aliphatic carbocycles. The molecule has 1 N–H and O–H groups in total. The molecule has 0 heterocycles. The quantitative estimate of drug-likeness (QED) is 0.845. The van der Waals surface area contributed by atoms with Gasteiger partial charge < -0.3 is 5.32 Å². The molecule has 1 unspecified atom stereocenters. The zero-order chi connectivity index (χ0) is 12.1. The van der Waals surface area contributed by atoms with Gasteiger partial charge in [0.25, 0.3) is 0 Å². The van der Waals surface area contributed by atoms with Gasteiger partial charge in [0.15, 0.2) is 0 Å². The number of hydrogen-bond acceptors (Lipinski definition) is 2. The summed E-state index contributed by atoms with van der Waals surface area (Å²) in [6.07, 6.45) is 5.66. The van der Waals surface area contributed by atoms with Gasteiger partial charge in [0, 0.05) is 16.7 Å². The van der Waals surface area contributed by atoms with Crippen LogP contribution in [-0.2, 0) is 0 Å². The fraction of sp³-hybridized carbons (Fsp3) is 0.600. The lowest BCUT2D eigenvalue weighted by Crippen LogP contribution is -2.14. The van der Waals surface area contributed by atoms with E-state index in [2.05, 4.69) is 48.3 Å². The Morgan fingerprint density at radius 1 is 1.24 bits per heavy atom. The second-order valence-electron chi connectivity index (χ2n) is 5.05. The molecule has 1 nitrogen and oxygen atoms in total. The summed E-state index contributed by atoms with van der Waals surface area (Å²) < 4.78 is 0. The van der Waals surface area contributed by atoms with Gasteiger partial charge in [-0.2, -0.15) is 0 Å². The summed E-state index contributed by atoms with van der Waals surface area (Å²) in [5, 5.41) is 4.11. The van der Waals surface area contributed by atoms with Gasteiger partial charge in [-0.3, -0.25) is 0 Å².